The molecule has 4 N–H and O–H groups in total. The minimum Gasteiger partial charge on any atom is -0.393 e. The van der Waals surface area contributed by atoms with E-state index in [2.05, 4.69) is 44.0 Å². The van der Waals surface area contributed by atoms with E-state index < -0.39 is 6.04 Å². The molecule has 2 saturated carbocycles. The third kappa shape index (κ3) is 6.14. The van der Waals surface area contributed by atoms with E-state index >= 15 is 0 Å². The number of allylic oxidation sites excluding steroid dienone is 2. The molecule has 1 amide bonds. The zero-order chi connectivity index (χ0) is 36.4. The van der Waals surface area contributed by atoms with Gasteiger partial charge in [-0.2, -0.15) is 0 Å². The lowest BCUT2D eigenvalue weighted by Crippen LogP contribution is -2.54. The number of ketones is 1. The van der Waals surface area contributed by atoms with Crippen LogP contribution in [0.4, 0.5) is 0 Å². The second-order valence-corrected chi connectivity index (χ2v) is 17.7. The lowest BCUT2D eigenvalue weighted by molar-refractivity contribution is -0.122. The summed E-state index contributed by atoms with van der Waals surface area (Å²) in [7, 11) is 0. The molecule has 8 rings (SSSR count). The van der Waals surface area contributed by atoms with Crippen molar-refractivity contribution in [1.82, 2.24) is 10.2 Å². The van der Waals surface area contributed by atoms with Crippen LogP contribution in [0.25, 0.3) is 0 Å². The van der Waals surface area contributed by atoms with Gasteiger partial charge in [0.25, 0.3) is 0 Å². The van der Waals surface area contributed by atoms with Gasteiger partial charge in [0.1, 0.15) is 0 Å². The number of amides is 1. The SMILES string of the molecule is CC1=C2C[C@H]3[C@@H](CC=C4C[C@@H](O)CC[C@@]43C)[C@@H]2CC[C@]12O[C@@H]1C[C@H](C)CN(CCNC(=O)[C@@H](N)Cc3ccc(C(=O)c4ccccc4)cc3)[C@H]1[C@H]2C. The number of nitrogens with one attached hydrogen (secondary N) is 1. The van der Waals surface area contributed by atoms with Gasteiger partial charge < -0.3 is 20.9 Å². The van der Waals surface area contributed by atoms with Gasteiger partial charge in [-0.15, -0.1) is 0 Å². The van der Waals surface area contributed by atoms with Crippen molar-refractivity contribution in [2.24, 2.45) is 40.7 Å². The van der Waals surface area contributed by atoms with E-state index in [9.17, 15) is 14.7 Å². The van der Waals surface area contributed by atoms with Gasteiger partial charge in [0.05, 0.1) is 23.9 Å². The summed E-state index contributed by atoms with van der Waals surface area (Å²) in [5.41, 5.74) is 13.4. The third-order valence-corrected chi connectivity index (χ3v) is 14.8. The molecule has 2 saturated heterocycles. The Morgan fingerprint density at radius 3 is 2.56 bits per heavy atom. The number of hydrogen-bond acceptors (Lipinski definition) is 6. The second kappa shape index (κ2) is 14.0. The van der Waals surface area contributed by atoms with E-state index in [0.29, 0.717) is 53.8 Å². The van der Waals surface area contributed by atoms with Crippen molar-refractivity contribution in [1.29, 1.82) is 0 Å². The van der Waals surface area contributed by atoms with E-state index in [1.807, 2.05) is 54.6 Å². The van der Waals surface area contributed by atoms with Crippen LogP contribution in [-0.2, 0) is 16.0 Å². The highest BCUT2D eigenvalue weighted by Crippen LogP contribution is 2.65. The topological polar surface area (TPSA) is 105 Å². The van der Waals surface area contributed by atoms with Gasteiger partial charge in [-0.25, -0.2) is 0 Å². The fourth-order valence-corrected chi connectivity index (χ4v) is 12.1. The molecule has 278 valence electrons. The van der Waals surface area contributed by atoms with Crippen LogP contribution in [0.3, 0.4) is 0 Å². The first-order valence-electron chi connectivity index (χ1n) is 20.2. The van der Waals surface area contributed by atoms with Gasteiger partial charge in [-0.3, -0.25) is 14.5 Å². The maximum absolute atomic E-state index is 13.2. The Labute approximate surface area is 310 Å². The number of nitrogens with two attached hydrogens (primary N) is 1. The summed E-state index contributed by atoms with van der Waals surface area (Å²) >= 11 is 0. The molecule has 0 bridgehead atoms. The summed E-state index contributed by atoms with van der Waals surface area (Å²) in [5.74, 6) is 2.82. The Bertz CT molecular complexity index is 1740. The number of carbonyl (C=O) groups excluding carboxylic acids is 2. The summed E-state index contributed by atoms with van der Waals surface area (Å²) in [4.78, 5) is 28.6. The van der Waals surface area contributed by atoms with Crippen LogP contribution < -0.4 is 11.1 Å². The smallest absolute Gasteiger partial charge is 0.237 e. The Morgan fingerprint density at radius 2 is 1.79 bits per heavy atom. The predicted octanol–water partition coefficient (Wildman–Crippen LogP) is 6.63. The molecule has 1 spiro atoms. The summed E-state index contributed by atoms with van der Waals surface area (Å²) in [6, 6.07) is 16.4. The number of fused-ring (bicyclic) bond motifs is 6. The van der Waals surface area contributed by atoms with Crippen LogP contribution in [0.15, 0.2) is 77.4 Å². The number of carbonyl (C=O) groups is 2. The van der Waals surface area contributed by atoms with E-state index in [0.717, 1.165) is 56.7 Å². The van der Waals surface area contributed by atoms with Crippen LogP contribution in [0, 0.1) is 35.0 Å². The lowest BCUT2D eigenvalue weighted by atomic mass is 9.56. The number of hydrogen-bond donors (Lipinski definition) is 3. The van der Waals surface area contributed by atoms with Gasteiger partial charge in [0.15, 0.2) is 5.78 Å². The van der Waals surface area contributed by atoms with E-state index in [1.54, 1.807) is 5.57 Å². The third-order valence-electron chi connectivity index (χ3n) is 14.8. The molecular weight excluding hydrogens is 647 g/mol. The Kier molecular flexibility index (Phi) is 9.63. The zero-order valence-electron chi connectivity index (χ0n) is 31.7. The molecule has 6 aliphatic rings. The molecule has 52 heavy (non-hydrogen) atoms. The van der Waals surface area contributed by atoms with Crippen molar-refractivity contribution in [2.75, 3.05) is 19.6 Å². The number of likely N-dealkylation sites (tertiary alicyclic amines) is 1. The standard InChI is InChI=1S/C45H59N3O4/c1-27-22-40-41(48(26-27)21-20-47-43(51)39(46)23-30-10-12-32(13-11-30)42(50)31-8-6-5-7-9-31)29(3)45(52-40)19-17-35-36-15-14-33-24-34(49)16-18-44(33,4)38(36)25-37(35)28(45)2/h5-14,27,29,34-36,38-41,49H,15-26,46H2,1-4H3,(H,47,51)/t27-,29+,34-,35-,36-,38-,39-,40+,41-,44-,45-/m0/s1. The second-order valence-electron chi connectivity index (χ2n) is 17.7. The molecule has 11 atom stereocenters. The molecular formula is C45H59N3O4. The molecule has 2 aromatic carbocycles. The minimum absolute atomic E-state index is 0.0148. The fourth-order valence-electron chi connectivity index (χ4n) is 12.1. The molecule has 2 aromatic rings. The summed E-state index contributed by atoms with van der Waals surface area (Å²) in [6.07, 6.45) is 11.7. The number of ether oxygens (including phenoxy) is 1. The Balaban J connectivity index is 0.899. The number of aliphatic hydroxyl groups excluding tert-OH is 1. The summed E-state index contributed by atoms with van der Waals surface area (Å²) < 4.78 is 7.33. The first-order chi connectivity index (χ1) is 25.0. The maximum atomic E-state index is 13.2. The van der Waals surface area contributed by atoms with Crippen molar-refractivity contribution in [3.05, 3.63) is 94.1 Å². The zero-order valence-corrected chi connectivity index (χ0v) is 31.7. The van der Waals surface area contributed by atoms with Crippen molar-refractivity contribution in [3.63, 3.8) is 0 Å². The monoisotopic (exact) mass is 705 g/mol. The van der Waals surface area contributed by atoms with Gasteiger partial charge in [0, 0.05) is 42.7 Å². The predicted molar refractivity (Wildman–Crippen MR) is 205 cm³/mol. The van der Waals surface area contributed by atoms with Gasteiger partial charge >= 0.3 is 0 Å². The number of nitrogens with zero attached hydrogens (tertiary/aromatic N) is 1. The first kappa shape index (κ1) is 35.9. The molecule has 2 aliphatic heterocycles. The minimum atomic E-state index is -0.660. The molecule has 2 heterocycles. The van der Waals surface area contributed by atoms with Crippen LogP contribution in [0.1, 0.15) is 101 Å². The number of rotatable bonds is 8. The van der Waals surface area contributed by atoms with Crippen LogP contribution in [0.5, 0.6) is 0 Å². The van der Waals surface area contributed by atoms with Gasteiger partial charge in [-0.1, -0.05) is 92.6 Å². The highest BCUT2D eigenvalue weighted by molar-refractivity contribution is 6.08. The average Bonchev–Trinajstić information content (AvgIpc) is 3.66. The molecule has 0 radical (unpaired) electrons. The summed E-state index contributed by atoms with van der Waals surface area (Å²) in [5, 5.41) is 13.6. The van der Waals surface area contributed by atoms with E-state index in [1.165, 1.54) is 30.4 Å². The number of piperidine rings is 1. The van der Waals surface area contributed by atoms with Gasteiger partial charge in [0.2, 0.25) is 5.91 Å². The van der Waals surface area contributed by atoms with Crippen LogP contribution in [-0.4, -0.2) is 71.2 Å². The van der Waals surface area contributed by atoms with Gasteiger partial charge in [-0.05, 0) is 105 Å². The van der Waals surface area contributed by atoms with Crippen molar-refractivity contribution >= 4 is 11.7 Å². The average molecular weight is 706 g/mol. The van der Waals surface area contributed by atoms with E-state index in [4.69, 9.17) is 10.5 Å². The Hall–Kier alpha value is -3.10. The van der Waals surface area contributed by atoms with Crippen molar-refractivity contribution in [2.45, 2.75) is 115 Å². The summed E-state index contributed by atoms with van der Waals surface area (Å²) in [6.45, 7) is 12.1. The van der Waals surface area contributed by atoms with Crippen molar-refractivity contribution in [3.8, 4) is 0 Å². The molecule has 7 heteroatoms. The molecule has 0 aromatic heterocycles. The number of aliphatic hydroxyl groups is 1. The van der Waals surface area contributed by atoms with E-state index in [-0.39, 0.29) is 34.9 Å². The largest absolute Gasteiger partial charge is 0.393 e. The first-order valence-corrected chi connectivity index (χ1v) is 20.2. The molecule has 4 fully saturated rings. The van der Waals surface area contributed by atoms with Crippen LogP contribution >= 0.6 is 0 Å². The highest BCUT2D eigenvalue weighted by atomic mass is 16.5. The lowest BCUT2D eigenvalue weighted by Gasteiger charge is -2.49. The quantitative estimate of drug-likeness (QED) is 0.211. The fraction of sp³-hybridized carbons (Fsp3) is 0.600. The molecule has 7 nitrogen and oxygen atoms in total. The Morgan fingerprint density at radius 1 is 1.04 bits per heavy atom. The normalized spacial score (nSPS) is 37.5. The molecule has 4 aliphatic carbocycles. The van der Waals surface area contributed by atoms with Crippen molar-refractivity contribution < 1.29 is 19.4 Å². The van der Waals surface area contributed by atoms with Crippen LogP contribution in [0.2, 0.25) is 0 Å². The molecule has 0 unspecified atom stereocenters. The number of benzene rings is 2. The highest BCUT2D eigenvalue weighted by Gasteiger charge is 2.61. The maximum Gasteiger partial charge on any atom is 0.237 e.